The highest BCUT2D eigenvalue weighted by molar-refractivity contribution is 5.85. The summed E-state index contributed by atoms with van der Waals surface area (Å²) in [7, 11) is 2.59. The van der Waals surface area contributed by atoms with Crippen molar-refractivity contribution in [2.45, 2.75) is 12.2 Å². The molecule has 22 heavy (non-hydrogen) atoms. The quantitative estimate of drug-likeness (QED) is 0.757. The zero-order chi connectivity index (χ0) is 15.4. The molecule has 4 atom stereocenters. The van der Waals surface area contributed by atoms with Crippen molar-refractivity contribution >= 4 is 11.9 Å². The minimum atomic E-state index is -0.713. The second-order valence-corrected chi connectivity index (χ2v) is 5.41. The molecule has 1 saturated heterocycles. The molecule has 0 spiro atoms. The van der Waals surface area contributed by atoms with Gasteiger partial charge >= 0.3 is 11.9 Å². The number of ether oxygens (including phenoxy) is 5. The van der Waals surface area contributed by atoms with Gasteiger partial charge in [0.15, 0.2) is 11.5 Å². The molecule has 0 aliphatic carbocycles. The van der Waals surface area contributed by atoms with Crippen molar-refractivity contribution in [1.82, 2.24) is 0 Å². The van der Waals surface area contributed by atoms with Crippen molar-refractivity contribution < 1.29 is 33.3 Å². The highest BCUT2D eigenvalue weighted by Gasteiger charge is 2.59. The van der Waals surface area contributed by atoms with Gasteiger partial charge in [-0.1, -0.05) is 0 Å². The summed E-state index contributed by atoms with van der Waals surface area (Å²) in [4.78, 5) is 24.2. The van der Waals surface area contributed by atoms with Gasteiger partial charge in [-0.3, -0.25) is 9.59 Å². The number of carbonyl (C=O) groups excluding carboxylic acids is 2. The number of hydrogen-bond donors (Lipinski definition) is 0. The third-order valence-corrected chi connectivity index (χ3v) is 4.47. The van der Waals surface area contributed by atoms with Crippen LogP contribution in [0.25, 0.3) is 0 Å². The van der Waals surface area contributed by atoms with Crippen LogP contribution in [-0.4, -0.2) is 33.0 Å². The first-order valence-electron chi connectivity index (χ1n) is 6.90. The van der Waals surface area contributed by atoms with Crippen molar-refractivity contribution in [3.8, 4) is 11.5 Å². The van der Waals surface area contributed by atoms with E-state index in [2.05, 4.69) is 0 Å². The largest absolute Gasteiger partial charge is 0.469 e. The monoisotopic (exact) mass is 306 g/mol. The number of hydrogen-bond acceptors (Lipinski definition) is 7. The smallest absolute Gasteiger partial charge is 0.312 e. The fourth-order valence-corrected chi connectivity index (χ4v) is 3.52. The minimum Gasteiger partial charge on any atom is -0.469 e. The molecule has 0 amide bonds. The van der Waals surface area contributed by atoms with Crippen molar-refractivity contribution in [2.24, 2.45) is 11.8 Å². The number of carbonyl (C=O) groups is 2. The van der Waals surface area contributed by atoms with E-state index in [1.807, 2.05) is 12.1 Å². The summed E-state index contributed by atoms with van der Waals surface area (Å²) in [5, 5.41) is 0. The number of methoxy groups -OCH3 is 2. The molecule has 3 aliphatic heterocycles. The molecule has 0 radical (unpaired) electrons. The lowest BCUT2D eigenvalue weighted by atomic mass is 9.75. The van der Waals surface area contributed by atoms with Crippen LogP contribution in [0.1, 0.15) is 23.3 Å². The van der Waals surface area contributed by atoms with E-state index in [-0.39, 0.29) is 6.79 Å². The summed E-state index contributed by atoms with van der Waals surface area (Å²) in [6.45, 7) is 0.162. The molecule has 7 nitrogen and oxygen atoms in total. The van der Waals surface area contributed by atoms with E-state index in [1.165, 1.54) is 14.2 Å². The van der Waals surface area contributed by atoms with E-state index in [1.54, 1.807) is 0 Å². The molecular weight excluding hydrogens is 292 g/mol. The Kier molecular flexibility index (Phi) is 2.80. The van der Waals surface area contributed by atoms with Gasteiger partial charge in [-0.2, -0.15) is 0 Å². The van der Waals surface area contributed by atoms with Gasteiger partial charge < -0.3 is 23.7 Å². The number of fused-ring (bicyclic) bond motifs is 6. The van der Waals surface area contributed by atoms with Gasteiger partial charge in [0.25, 0.3) is 0 Å². The summed E-state index contributed by atoms with van der Waals surface area (Å²) in [5.41, 5.74) is 1.68. The van der Waals surface area contributed by atoms with Crippen molar-refractivity contribution in [1.29, 1.82) is 0 Å². The molecule has 1 fully saturated rings. The number of benzene rings is 1. The molecule has 0 saturated carbocycles. The summed E-state index contributed by atoms with van der Waals surface area (Å²) >= 11 is 0. The lowest BCUT2D eigenvalue weighted by molar-refractivity contribution is -0.157. The van der Waals surface area contributed by atoms with Crippen LogP contribution in [0.2, 0.25) is 0 Å². The summed E-state index contributed by atoms with van der Waals surface area (Å²) in [6.07, 6.45) is -1.07. The van der Waals surface area contributed by atoms with E-state index < -0.39 is 36.0 Å². The predicted octanol–water partition coefficient (Wildman–Crippen LogP) is 1.12. The van der Waals surface area contributed by atoms with Gasteiger partial charge in [-0.25, -0.2) is 0 Å². The summed E-state index contributed by atoms with van der Waals surface area (Å²) in [5.74, 6) is -1.15. The van der Waals surface area contributed by atoms with Crippen LogP contribution >= 0.6 is 0 Å². The van der Waals surface area contributed by atoms with Gasteiger partial charge in [0, 0.05) is 0 Å². The Balaban J connectivity index is 1.81. The van der Waals surface area contributed by atoms with Crippen LogP contribution in [-0.2, 0) is 23.8 Å². The predicted molar refractivity (Wildman–Crippen MR) is 70.1 cm³/mol. The van der Waals surface area contributed by atoms with Crippen LogP contribution in [0, 0.1) is 11.8 Å². The maximum absolute atomic E-state index is 12.1. The molecule has 2 bridgehead atoms. The van der Waals surface area contributed by atoms with Crippen LogP contribution in [0.15, 0.2) is 12.1 Å². The Morgan fingerprint density at radius 2 is 1.41 bits per heavy atom. The normalized spacial score (nSPS) is 30.1. The Morgan fingerprint density at radius 1 is 0.955 bits per heavy atom. The summed E-state index contributed by atoms with van der Waals surface area (Å²) in [6, 6.07) is 3.62. The first kappa shape index (κ1) is 13.4. The highest BCUT2D eigenvalue weighted by atomic mass is 16.7. The zero-order valence-corrected chi connectivity index (χ0v) is 12.0. The SMILES string of the molecule is COC(=O)C1C2O[C@@H](c3cc4c(cc32)OCO4)C1C(=O)OC. The average molecular weight is 306 g/mol. The molecule has 3 unspecified atom stereocenters. The lowest BCUT2D eigenvalue weighted by Gasteiger charge is -2.26. The fraction of sp³-hybridized carbons (Fsp3) is 0.467. The molecule has 1 aromatic carbocycles. The second kappa shape index (κ2) is 4.61. The molecule has 1 aromatic rings. The Morgan fingerprint density at radius 3 is 1.82 bits per heavy atom. The first-order chi connectivity index (χ1) is 10.7. The zero-order valence-electron chi connectivity index (χ0n) is 12.0. The van der Waals surface area contributed by atoms with E-state index >= 15 is 0 Å². The maximum atomic E-state index is 12.1. The lowest BCUT2D eigenvalue weighted by Crippen LogP contribution is -2.35. The van der Waals surface area contributed by atoms with Crippen LogP contribution < -0.4 is 9.47 Å². The van der Waals surface area contributed by atoms with E-state index in [0.717, 1.165) is 11.1 Å². The van der Waals surface area contributed by atoms with Crippen molar-refractivity contribution in [2.75, 3.05) is 21.0 Å². The van der Waals surface area contributed by atoms with E-state index in [4.69, 9.17) is 23.7 Å². The Hall–Kier alpha value is -2.28. The molecule has 7 heteroatoms. The molecule has 3 aliphatic rings. The molecular formula is C15H14O7. The van der Waals surface area contributed by atoms with Crippen LogP contribution in [0.3, 0.4) is 0 Å². The van der Waals surface area contributed by atoms with Gasteiger partial charge in [0.2, 0.25) is 6.79 Å². The second-order valence-electron chi connectivity index (χ2n) is 5.41. The Bertz CT molecular complexity index is 613. The topological polar surface area (TPSA) is 80.3 Å². The maximum Gasteiger partial charge on any atom is 0.312 e. The van der Waals surface area contributed by atoms with E-state index in [9.17, 15) is 9.59 Å². The van der Waals surface area contributed by atoms with Crippen molar-refractivity contribution in [3.05, 3.63) is 23.3 Å². The van der Waals surface area contributed by atoms with E-state index in [0.29, 0.717) is 11.5 Å². The number of rotatable bonds is 2. The summed E-state index contributed by atoms with van der Waals surface area (Å²) < 4.78 is 26.3. The molecule has 0 aromatic heterocycles. The molecule has 116 valence electrons. The Labute approximate surface area is 126 Å². The van der Waals surface area contributed by atoms with Crippen LogP contribution in [0.4, 0.5) is 0 Å². The van der Waals surface area contributed by atoms with Crippen molar-refractivity contribution in [3.63, 3.8) is 0 Å². The van der Waals surface area contributed by atoms with Gasteiger partial charge in [0.1, 0.15) is 11.8 Å². The van der Waals surface area contributed by atoms with Gasteiger partial charge in [-0.15, -0.1) is 0 Å². The number of esters is 2. The first-order valence-corrected chi connectivity index (χ1v) is 6.90. The molecule has 4 rings (SSSR count). The third-order valence-electron chi connectivity index (χ3n) is 4.47. The third kappa shape index (κ3) is 1.60. The fourth-order valence-electron chi connectivity index (χ4n) is 3.52. The van der Waals surface area contributed by atoms with Gasteiger partial charge in [-0.05, 0) is 23.3 Å². The molecule has 0 N–H and O–H groups in total. The molecule has 3 heterocycles. The standard InChI is InChI=1S/C15H14O7/c1-18-14(16)10-11(15(17)19-2)13-7-4-9-8(20-5-21-9)3-6(7)12(10)22-13/h3-4,10-13H,5H2,1-2H3/t10?,11?,12-,13?/m0/s1. The van der Waals surface area contributed by atoms with Crippen LogP contribution in [0.5, 0.6) is 11.5 Å². The average Bonchev–Trinajstić information content (AvgIpc) is 3.23. The van der Waals surface area contributed by atoms with Gasteiger partial charge in [0.05, 0.1) is 26.4 Å². The highest BCUT2D eigenvalue weighted by Crippen LogP contribution is 2.59. The minimum absolute atomic E-state index is 0.162.